The largest absolute Gasteiger partial charge is 0.300 e. The van der Waals surface area contributed by atoms with Crippen LogP contribution in [0.15, 0.2) is 0 Å². The molecule has 100 valence electrons. The second kappa shape index (κ2) is 4.31. The molecule has 0 N–H and O–H groups in total. The summed E-state index contributed by atoms with van der Waals surface area (Å²) in [5.74, 6) is 2.19. The van der Waals surface area contributed by atoms with Crippen LogP contribution in [0.25, 0.3) is 0 Å². The van der Waals surface area contributed by atoms with Crippen LogP contribution in [-0.2, 0) is 4.79 Å². The molecule has 2 bridgehead atoms. The predicted molar refractivity (Wildman–Crippen MR) is 70.4 cm³/mol. The van der Waals surface area contributed by atoms with Gasteiger partial charge in [-0.3, -0.25) is 14.6 Å². The van der Waals surface area contributed by atoms with Crippen LogP contribution in [0.1, 0.15) is 38.5 Å². The molecule has 18 heavy (non-hydrogen) atoms. The van der Waals surface area contributed by atoms with Gasteiger partial charge in [0.05, 0.1) is 0 Å². The molecule has 0 aromatic heterocycles. The fourth-order valence-electron chi connectivity index (χ4n) is 5.07. The first-order chi connectivity index (χ1) is 8.81. The molecule has 4 aliphatic heterocycles. The van der Waals surface area contributed by atoms with E-state index in [1.165, 1.54) is 45.3 Å². The van der Waals surface area contributed by atoms with E-state index >= 15 is 0 Å². The molecule has 4 aliphatic rings. The van der Waals surface area contributed by atoms with E-state index < -0.39 is 0 Å². The van der Waals surface area contributed by atoms with Crippen LogP contribution in [-0.4, -0.2) is 53.8 Å². The third kappa shape index (κ3) is 1.75. The first-order valence-corrected chi connectivity index (χ1v) is 7.81. The van der Waals surface area contributed by atoms with Crippen LogP contribution >= 0.6 is 0 Å². The Balaban J connectivity index is 1.56. The highest BCUT2D eigenvalue weighted by Crippen LogP contribution is 2.42. The Labute approximate surface area is 110 Å². The number of Topliss-reactive ketones (excluding diaryl/α,β-unsaturated/α-hetero) is 1. The van der Waals surface area contributed by atoms with Crippen LogP contribution in [0.3, 0.4) is 0 Å². The van der Waals surface area contributed by atoms with Crippen molar-refractivity contribution in [2.45, 2.75) is 50.6 Å². The van der Waals surface area contributed by atoms with Crippen molar-refractivity contribution in [3.8, 4) is 0 Å². The number of fused-ring (bicyclic) bond motifs is 6. The van der Waals surface area contributed by atoms with Gasteiger partial charge in [-0.05, 0) is 37.6 Å². The van der Waals surface area contributed by atoms with Gasteiger partial charge >= 0.3 is 0 Å². The molecular weight excluding hydrogens is 224 g/mol. The first-order valence-electron chi connectivity index (χ1n) is 7.81. The minimum atomic E-state index is 0.510. The van der Waals surface area contributed by atoms with E-state index in [-0.39, 0.29) is 0 Å². The van der Waals surface area contributed by atoms with E-state index in [1.807, 2.05) is 0 Å². The predicted octanol–water partition coefficient (Wildman–Crippen LogP) is 1.52. The molecule has 0 radical (unpaired) electrons. The Morgan fingerprint density at radius 2 is 1.72 bits per heavy atom. The third-order valence-electron chi connectivity index (χ3n) is 5.88. The normalized spacial score (nSPS) is 45.4. The van der Waals surface area contributed by atoms with E-state index in [9.17, 15) is 4.79 Å². The SMILES string of the molecule is O=C1CCN2C[C@@H]3C[C@@H](CN4CCCC[C@@H]34)[C@H]2C1. The number of nitrogens with zero attached hydrogens (tertiary/aromatic N) is 2. The maximum absolute atomic E-state index is 11.7. The number of hydrogen-bond donors (Lipinski definition) is 0. The van der Waals surface area contributed by atoms with Crippen molar-refractivity contribution in [3.05, 3.63) is 0 Å². The van der Waals surface area contributed by atoms with E-state index in [0.29, 0.717) is 11.8 Å². The van der Waals surface area contributed by atoms with Gasteiger partial charge < -0.3 is 0 Å². The smallest absolute Gasteiger partial charge is 0.135 e. The third-order valence-corrected chi connectivity index (χ3v) is 5.88. The van der Waals surface area contributed by atoms with Crippen molar-refractivity contribution in [1.82, 2.24) is 9.80 Å². The second-order valence-electron chi connectivity index (χ2n) is 6.87. The zero-order valence-electron chi connectivity index (χ0n) is 11.2. The molecule has 0 spiro atoms. The fraction of sp³-hybridized carbons (Fsp3) is 0.933. The summed E-state index contributed by atoms with van der Waals surface area (Å²) < 4.78 is 0. The van der Waals surface area contributed by atoms with Crippen molar-refractivity contribution in [2.24, 2.45) is 11.8 Å². The average molecular weight is 248 g/mol. The van der Waals surface area contributed by atoms with Crippen LogP contribution in [0.4, 0.5) is 0 Å². The molecule has 0 saturated carbocycles. The van der Waals surface area contributed by atoms with Gasteiger partial charge in [0, 0.05) is 44.6 Å². The maximum Gasteiger partial charge on any atom is 0.135 e. The van der Waals surface area contributed by atoms with Gasteiger partial charge in [0.15, 0.2) is 0 Å². The topological polar surface area (TPSA) is 23.6 Å². The summed E-state index contributed by atoms with van der Waals surface area (Å²) >= 11 is 0. The molecule has 0 unspecified atom stereocenters. The number of carbonyl (C=O) groups excluding carboxylic acids is 1. The van der Waals surface area contributed by atoms with Gasteiger partial charge in [0.2, 0.25) is 0 Å². The highest BCUT2D eigenvalue weighted by molar-refractivity contribution is 5.80. The summed E-state index contributed by atoms with van der Waals surface area (Å²) in [4.78, 5) is 17.1. The number of carbonyl (C=O) groups is 1. The second-order valence-corrected chi connectivity index (χ2v) is 6.87. The Morgan fingerprint density at radius 1 is 0.944 bits per heavy atom. The summed E-state index contributed by atoms with van der Waals surface area (Å²) in [6.45, 7) is 4.91. The molecule has 0 amide bonds. The lowest BCUT2D eigenvalue weighted by Crippen LogP contribution is -2.64. The van der Waals surface area contributed by atoms with Crippen LogP contribution in [0.2, 0.25) is 0 Å². The number of piperidine rings is 4. The first kappa shape index (κ1) is 11.4. The van der Waals surface area contributed by atoms with E-state index in [2.05, 4.69) is 9.80 Å². The van der Waals surface area contributed by atoms with Crippen molar-refractivity contribution < 1.29 is 4.79 Å². The Kier molecular flexibility index (Phi) is 2.73. The lowest BCUT2D eigenvalue weighted by atomic mass is 9.71. The van der Waals surface area contributed by atoms with Gasteiger partial charge in [0.25, 0.3) is 0 Å². The lowest BCUT2D eigenvalue weighted by molar-refractivity contribution is -0.130. The summed E-state index contributed by atoms with van der Waals surface area (Å²) in [7, 11) is 0. The van der Waals surface area contributed by atoms with E-state index in [4.69, 9.17) is 0 Å². The van der Waals surface area contributed by atoms with Crippen LogP contribution in [0, 0.1) is 11.8 Å². The molecule has 4 rings (SSSR count). The monoisotopic (exact) mass is 248 g/mol. The molecule has 4 saturated heterocycles. The van der Waals surface area contributed by atoms with Crippen LogP contribution < -0.4 is 0 Å². The number of ketones is 1. The van der Waals surface area contributed by atoms with Crippen molar-refractivity contribution >= 4 is 5.78 Å². The van der Waals surface area contributed by atoms with E-state index in [1.54, 1.807) is 0 Å². The molecule has 0 aromatic carbocycles. The molecule has 3 heteroatoms. The number of hydrogen-bond acceptors (Lipinski definition) is 3. The molecule has 3 nitrogen and oxygen atoms in total. The maximum atomic E-state index is 11.7. The van der Waals surface area contributed by atoms with Gasteiger partial charge in [-0.15, -0.1) is 0 Å². The van der Waals surface area contributed by atoms with Gasteiger partial charge in [-0.2, -0.15) is 0 Å². The Bertz CT molecular complexity index is 356. The summed E-state index contributed by atoms with van der Waals surface area (Å²) in [6.07, 6.45) is 7.30. The van der Waals surface area contributed by atoms with E-state index in [0.717, 1.165) is 37.3 Å². The standard InChI is InChI=1S/C15H24N2O/c18-13-4-6-17-9-11-7-12(15(17)8-13)10-16-5-2-1-3-14(11)16/h11-12,14-15H,1-10H2/t11-,12-,14-,15+/m0/s1. The zero-order valence-corrected chi connectivity index (χ0v) is 11.2. The molecule has 0 aromatic rings. The highest BCUT2D eigenvalue weighted by atomic mass is 16.1. The minimum Gasteiger partial charge on any atom is -0.300 e. The average Bonchev–Trinajstić information content (AvgIpc) is 2.40. The Hall–Kier alpha value is -0.410. The summed E-state index contributed by atoms with van der Waals surface area (Å²) in [6, 6.07) is 1.46. The molecule has 4 fully saturated rings. The van der Waals surface area contributed by atoms with Crippen molar-refractivity contribution in [2.75, 3.05) is 26.2 Å². The highest BCUT2D eigenvalue weighted by Gasteiger charge is 2.47. The lowest BCUT2D eigenvalue weighted by Gasteiger charge is -2.56. The summed E-state index contributed by atoms with van der Waals surface area (Å²) in [5, 5.41) is 0. The van der Waals surface area contributed by atoms with Gasteiger partial charge in [-0.1, -0.05) is 6.42 Å². The Morgan fingerprint density at radius 3 is 2.61 bits per heavy atom. The molecular formula is C15H24N2O. The quantitative estimate of drug-likeness (QED) is 0.649. The zero-order chi connectivity index (χ0) is 12.1. The fourth-order valence-corrected chi connectivity index (χ4v) is 5.07. The van der Waals surface area contributed by atoms with Gasteiger partial charge in [-0.25, -0.2) is 0 Å². The summed E-state index contributed by atoms with van der Waals surface area (Å²) in [5.41, 5.74) is 0. The molecule has 0 aliphatic carbocycles. The van der Waals surface area contributed by atoms with Crippen molar-refractivity contribution in [1.29, 1.82) is 0 Å². The minimum absolute atomic E-state index is 0.510. The van der Waals surface area contributed by atoms with Crippen molar-refractivity contribution in [3.63, 3.8) is 0 Å². The van der Waals surface area contributed by atoms with Gasteiger partial charge in [0.1, 0.15) is 5.78 Å². The molecule has 4 heterocycles. The number of rotatable bonds is 0. The van der Waals surface area contributed by atoms with Crippen LogP contribution in [0.5, 0.6) is 0 Å². The molecule has 4 atom stereocenters.